The summed E-state index contributed by atoms with van der Waals surface area (Å²) in [5, 5.41) is 12.2. The van der Waals surface area contributed by atoms with Gasteiger partial charge in [-0.3, -0.25) is 10.1 Å². The highest BCUT2D eigenvalue weighted by Gasteiger charge is 2.37. The Morgan fingerprint density at radius 3 is 1.50 bits per heavy atom. The van der Waals surface area contributed by atoms with Crippen molar-refractivity contribution in [2.75, 3.05) is 0 Å². The molecule has 3 nitrogen and oxygen atoms in total. The fourth-order valence-electron chi connectivity index (χ4n) is 4.84. The van der Waals surface area contributed by atoms with E-state index in [2.05, 4.69) is 24.3 Å². The minimum atomic E-state index is -0.361. The van der Waals surface area contributed by atoms with E-state index in [0.717, 1.165) is 50.1 Å². The summed E-state index contributed by atoms with van der Waals surface area (Å²) in [5.41, 5.74) is 9.80. The third kappa shape index (κ3) is 2.15. The monoisotopic (exact) mass is 407 g/mol. The second-order valence-electron chi connectivity index (χ2n) is 7.46. The van der Waals surface area contributed by atoms with Crippen molar-refractivity contribution in [1.82, 2.24) is 0 Å². The average Bonchev–Trinajstić information content (AvgIpc) is 3.26. The second kappa shape index (κ2) is 6.15. The molecular formula is C26H14ClNO2. The van der Waals surface area contributed by atoms with Crippen LogP contribution >= 0.6 is 11.6 Å². The maximum atomic E-state index is 12.1. The van der Waals surface area contributed by atoms with E-state index in [4.69, 9.17) is 11.6 Å². The lowest BCUT2D eigenvalue weighted by Crippen LogP contribution is -1.97. The number of hydrogen-bond donors (Lipinski definition) is 0. The van der Waals surface area contributed by atoms with Crippen LogP contribution in [0.4, 0.5) is 5.69 Å². The Hall–Kier alpha value is -3.69. The average molecular weight is 408 g/mol. The summed E-state index contributed by atoms with van der Waals surface area (Å²) in [6.07, 6.45) is 0. The Kier molecular flexibility index (Phi) is 3.53. The van der Waals surface area contributed by atoms with Gasteiger partial charge in [0.25, 0.3) is 5.69 Å². The fraction of sp³-hybridized carbons (Fsp3) is 0. The molecule has 0 N–H and O–H groups in total. The van der Waals surface area contributed by atoms with Gasteiger partial charge in [-0.1, -0.05) is 90.5 Å². The maximum Gasteiger partial charge on any atom is 0.296 e. The van der Waals surface area contributed by atoms with Crippen LogP contribution in [0.1, 0.15) is 22.3 Å². The first-order chi connectivity index (χ1) is 14.7. The summed E-state index contributed by atoms with van der Waals surface area (Å²) in [4.78, 5) is 11.7. The third-order valence-corrected chi connectivity index (χ3v) is 6.29. The normalized spacial score (nSPS) is 13.0. The molecule has 0 saturated carbocycles. The van der Waals surface area contributed by atoms with Crippen molar-refractivity contribution in [1.29, 1.82) is 0 Å². The Bertz CT molecular complexity index is 1390. The number of halogens is 1. The summed E-state index contributed by atoms with van der Waals surface area (Å²) in [5.74, 6) is 0. The van der Waals surface area contributed by atoms with E-state index in [1.165, 1.54) is 0 Å². The number of fused-ring (bicyclic) bond motifs is 6. The quantitative estimate of drug-likeness (QED) is 0.213. The summed E-state index contributed by atoms with van der Waals surface area (Å²) in [6.45, 7) is 0. The van der Waals surface area contributed by atoms with Gasteiger partial charge in [0.1, 0.15) is 5.02 Å². The molecule has 142 valence electrons. The van der Waals surface area contributed by atoms with E-state index in [1.54, 1.807) is 6.07 Å². The van der Waals surface area contributed by atoms with Crippen molar-refractivity contribution < 1.29 is 4.92 Å². The molecule has 4 heteroatoms. The second-order valence-corrected chi connectivity index (χ2v) is 7.87. The van der Waals surface area contributed by atoms with E-state index in [0.29, 0.717) is 5.56 Å². The third-order valence-electron chi connectivity index (χ3n) is 5.98. The van der Waals surface area contributed by atoms with Crippen LogP contribution in [-0.2, 0) is 0 Å². The Morgan fingerprint density at radius 2 is 1.00 bits per heavy atom. The van der Waals surface area contributed by atoms with Gasteiger partial charge in [0.15, 0.2) is 0 Å². The lowest BCUT2D eigenvalue weighted by molar-refractivity contribution is -0.384. The molecule has 0 aromatic heterocycles. The van der Waals surface area contributed by atoms with Crippen LogP contribution in [0.2, 0.25) is 5.02 Å². The lowest BCUT2D eigenvalue weighted by Gasteiger charge is -2.12. The molecule has 0 unspecified atom stereocenters. The number of benzene rings is 4. The zero-order valence-corrected chi connectivity index (χ0v) is 16.5. The zero-order valence-electron chi connectivity index (χ0n) is 15.7. The summed E-state index contributed by atoms with van der Waals surface area (Å²) in [7, 11) is 0. The molecule has 4 aromatic rings. The van der Waals surface area contributed by atoms with Crippen molar-refractivity contribution in [3.05, 3.63) is 122 Å². The number of rotatable bonds is 1. The van der Waals surface area contributed by atoms with E-state index in [9.17, 15) is 10.1 Å². The van der Waals surface area contributed by atoms with Gasteiger partial charge in [-0.05, 0) is 50.6 Å². The highest BCUT2D eigenvalue weighted by atomic mass is 35.5. The molecule has 4 aromatic carbocycles. The van der Waals surface area contributed by atoms with Crippen LogP contribution in [0, 0.1) is 10.1 Å². The van der Waals surface area contributed by atoms with Crippen LogP contribution in [-0.4, -0.2) is 4.92 Å². The van der Waals surface area contributed by atoms with Crippen LogP contribution in [0.3, 0.4) is 0 Å². The minimum Gasteiger partial charge on any atom is -0.258 e. The van der Waals surface area contributed by atoms with Gasteiger partial charge in [-0.2, -0.15) is 0 Å². The molecule has 2 aliphatic rings. The van der Waals surface area contributed by atoms with Crippen LogP contribution < -0.4 is 0 Å². The van der Waals surface area contributed by atoms with Gasteiger partial charge in [0.2, 0.25) is 0 Å². The zero-order chi connectivity index (χ0) is 20.4. The minimum absolute atomic E-state index is 0.0327. The molecule has 0 atom stereocenters. The van der Waals surface area contributed by atoms with Gasteiger partial charge in [-0.15, -0.1) is 0 Å². The Labute approximate surface area is 178 Å². The summed E-state index contributed by atoms with van der Waals surface area (Å²) < 4.78 is 0. The molecule has 6 rings (SSSR count). The highest BCUT2D eigenvalue weighted by Crippen LogP contribution is 2.56. The predicted octanol–water partition coefficient (Wildman–Crippen LogP) is 7.22. The lowest BCUT2D eigenvalue weighted by atomic mass is 9.91. The van der Waals surface area contributed by atoms with Crippen molar-refractivity contribution in [2.24, 2.45) is 0 Å². The highest BCUT2D eigenvalue weighted by molar-refractivity contribution is 6.34. The van der Waals surface area contributed by atoms with Crippen molar-refractivity contribution in [3.8, 4) is 22.3 Å². The number of nitro groups is 1. The van der Waals surface area contributed by atoms with Gasteiger partial charge in [-0.25, -0.2) is 0 Å². The predicted molar refractivity (Wildman–Crippen MR) is 120 cm³/mol. The van der Waals surface area contributed by atoms with Crippen molar-refractivity contribution >= 4 is 28.4 Å². The molecular weight excluding hydrogens is 394 g/mol. The molecule has 0 fully saturated rings. The molecule has 0 spiro atoms. The molecule has 0 aliphatic heterocycles. The van der Waals surface area contributed by atoms with Gasteiger partial charge >= 0.3 is 0 Å². The first kappa shape index (κ1) is 17.2. The fourth-order valence-corrected chi connectivity index (χ4v) is 5.06. The number of nitrogens with zero attached hydrogens (tertiary/aromatic N) is 1. The number of nitro benzene ring substituents is 1. The van der Waals surface area contributed by atoms with Crippen molar-refractivity contribution in [3.63, 3.8) is 0 Å². The van der Waals surface area contributed by atoms with E-state index >= 15 is 0 Å². The molecule has 0 radical (unpaired) electrons. The van der Waals surface area contributed by atoms with Gasteiger partial charge in [0.05, 0.1) is 10.5 Å². The van der Waals surface area contributed by atoms with Crippen LogP contribution in [0.5, 0.6) is 0 Å². The molecule has 30 heavy (non-hydrogen) atoms. The molecule has 0 amide bonds. The van der Waals surface area contributed by atoms with Crippen LogP contribution in [0.15, 0.2) is 84.9 Å². The van der Waals surface area contributed by atoms with Gasteiger partial charge < -0.3 is 0 Å². The van der Waals surface area contributed by atoms with E-state index < -0.39 is 0 Å². The SMILES string of the molecule is O=[N+]([O-])c1c(Cl)ccc2c1C(=C1c3ccccc3-c3ccccc31)c1ccccc1-2. The van der Waals surface area contributed by atoms with Gasteiger partial charge in [0, 0.05) is 5.57 Å². The molecule has 2 aliphatic carbocycles. The molecule has 0 heterocycles. The first-order valence-electron chi connectivity index (χ1n) is 9.67. The molecule has 0 bridgehead atoms. The summed E-state index contributed by atoms with van der Waals surface area (Å²) in [6, 6.07) is 28.0. The Balaban J connectivity index is 1.85. The molecule has 0 saturated heterocycles. The number of hydrogen-bond acceptors (Lipinski definition) is 2. The standard InChI is InChI=1S/C26H14ClNO2/c27-22-14-13-21-17-9-3-6-12-20(17)24(25(21)26(22)28(29)30)23-18-10-4-1-7-15(18)16-8-2-5-11-19(16)23/h1-14H. The van der Waals surface area contributed by atoms with E-state index in [-0.39, 0.29) is 15.6 Å². The Morgan fingerprint density at radius 1 is 0.567 bits per heavy atom. The topological polar surface area (TPSA) is 43.1 Å². The van der Waals surface area contributed by atoms with Crippen LogP contribution in [0.25, 0.3) is 33.4 Å². The maximum absolute atomic E-state index is 12.1. The first-order valence-corrected chi connectivity index (χ1v) is 10.0. The summed E-state index contributed by atoms with van der Waals surface area (Å²) >= 11 is 6.35. The largest absolute Gasteiger partial charge is 0.296 e. The smallest absolute Gasteiger partial charge is 0.258 e. The van der Waals surface area contributed by atoms with Crippen molar-refractivity contribution in [2.45, 2.75) is 0 Å². The van der Waals surface area contributed by atoms with E-state index in [1.807, 2.05) is 54.6 Å².